The molecule has 0 aliphatic heterocycles. The molecule has 1 aromatic rings. The van der Waals surface area contributed by atoms with Gasteiger partial charge in [0.2, 0.25) is 0 Å². The lowest BCUT2D eigenvalue weighted by Crippen LogP contribution is -2.33. The molecule has 6 heteroatoms. The van der Waals surface area contributed by atoms with Gasteiger partial charge in [-0.1, -0.05) is 0 Å². The molecule has 1 amide bonds. The average molecular weight is 295 g/mol. The summed E-state index contributed by atoms with van der Waals surface area (Å²) in [5.41, 5.74) is 0.438. The van der Waals surface area contributed by atoms with E-state index >= 15 is 0 Å². The summed E-state index contributed by atoms with van der Waals surface area (Å²) in [4.78, 5) is 12.3. The zero-order valence-electron chi connectivity index (χ0n) is 12.2. The van der Waals surface area contributed by atoms with Gasteiger partial charge in [-0.05, 0) is 25.0 Å². The van der Waals surface area contributed by atoms with Crippen LogP contribution in [0.2, 0.25) is 0 Å². The molecule has 116 valence electrons. The quantitative estimate of drug-likeness (QED) is 0.739. The first-order valence-corrected chi connectivity index (χ1v) is 6.90. The Morgan fingerprint density at radius 1 is 1.24 bits per heavy atom. The summed E-state index contributed by atoms with van der Waals surface area (Å²) in [5, 5.41) is 21.8. The van der Waals surface area contributed by atoms with Crippen molar-refractivity contribution in [2.24, 2.45) is 5.92 Å². The fraction of sp³-hybridized carbons (Fsp3) is 0.533. The van der Waals surface area contributed by atoms with E-state index in [4.69, 9.17) is 14.6 Å². The Morgan fingerprint density at radius 2 is 1.86 bits per heavy atom. The molecule has 3 N–H and O–H groups in total. The normalized spacial score (nSPS) is 24.7. The second-order valence-electron chi connectivity index (χ2n) is 5.25. The summed E-state index contributed by atoms with van der Waals surface area (Å²) in [6, 6.07) is 4.82. The second kappa shape index (κ2) is 6.78. The summed E-state index contributed by atoms with van der Waals surface area (Å²) in [6.07, 6.45) is 0.461. The maximum atomic E-state index is 12.3. The van der Waals surface area contributed by atoms with E-state index in [0.717, 1.165) is 0 Å². The molecule has 0 saturated heterocycles. The molecule has 1 aliphatic carbocycles. The van der Waals surface area contributed by atoms with Crippen molar-refractivity contribution in [3.8, 4) is 11.5 Å². The van der Waals surface area contributed by atoms with Crippen LogP contribution in [0.3, 0.4) is 0 Å². The van der Waals surface area contributed by atoms with Gasteiger partial charge in [0.1, 0.15) is 11.5 Å². The van der Waals surface area contributed by atoms with Gasteiger partial charge < -0.3 is 25.0 Å². The van der Waals surface area contributed by atoms with E-state index in [1.165, 1.54) is 14.2 Å². The van der Waals surface area contributed by atoms with Crippen molar-refractivity contribution < 1.29 is 24.5 Å². The first kappa shape index (κ1) is 15.6. The van der Waals surface area contributed by atoms with Crippen LogP contribution in [0.4, 0.5) is 0 Å². The van der Waals surface area contributed by atoms with Gasteiger partial charge in [0.15, 0.2) is 0 Å². The number of hydrogen-bond acceptors (Lipinski definition) is 5. The van der Waals surface area contributed by atoms with Gasteiger partial charge in [-0.2, -0.15) is 0 Å². The fourth-order valence-corrected chi connectivity index (χ4v) is 2.62. The minimum atomic E-state index is -0.569. The van der Waals surface area contributed by atoms with Crippen LogP contribution >= 0.6 is 0 Å². The third-order valence-corrected chi connectivity index (χ3v) is 3.84. The highest BCUT2D eigenvalue weighted by atomic mass is 16.5. The highest BCUT2D eigenvalue weighted by Crippen LogP contribution is 2.27. The zero-order valence-corrected chi connectivity index (χ0v) is 12.2. The van der Waals surface area contributed by atoms with Gasteiger partial charge in [0.25, 0.3) is 5.91 Å². The molecule has 0 radical (unpaired) electrons. The van der Waals surface area contributed by atoms with Crippen LogP contribution in [0.15, 0.2) is 18.2 Å². The number of hydrogen-bond donors (Lipinski definition) is 3. The van der Waals surface area contributed by atoms with Crippen LogP contribution in [0.1, 0.15) is 23.2 Å². The maximum absolute atomic E-state index is 12.3. The Morgan fingerprint density at radius 3 is 2.33 bits per heavy atom. The molecular formula is C15H21NO5. The number of benzene rings is 1. The number of carbonyl (C=O) groups is 1. The summed E-state index contributed by atoms with van der Waals surface area (Å²) in [5.74, 6) is 0.663. The van der Waals surface area contributed by atoms with E-state index in [1.807, 2.05) is 0 Å². The second-order valence-corrected chi connectivity index (χ2v) is 5.25. The third kappa shape index (κ3) is 3.65. The molecule has 3 atom stereocenters. The van der Waals surface area contributed by atoms with Crippen LogP contribution < -0.4 is 14.8 Å². The SMILES string of the molecule is COc1cc(OC)cc(C(=O)N[C@H]2C[C@H](CO)[C@@H](O)C2)c1. The average Bonchev–Trinajstić information content (AvgIpc) is 2.86. The lowest BCUT2D eigenvalue weighted by molar-refractivity contribution is 0.0903. The molecule has 0 bridgehead atoms. The van der Waals surface area contributed by atoms with Crippen molar-refractivity contribution in [2.45, 2.75) is 25.0 Å². The summed E-state index contributed by atoms with van der Waals surface area (Å²) < 4.78 is 10.3. The molecule has 1 aromatic carbocycles. The molecule has 0 unspecified atom stereocenters. The fourth-order valence-electron chi connectivity index (χ4n) is 2.62. The first-order chi connectivity index (χ1) is 10.1. The number of nitrogens with one attached hydrogen (secondary N) is 1. The largest absolute Gasteiger partial charge is 0.497 e. The van der Waals surface area contributed by atoms with Gasteiger partial charge >= 0.3 is 0 Å². The van der Waals surface area contributed by atoms with Crippen LogP contribution in [0.25, 0.3) is 0 Å². The molecule has 1 fully saturated rings. The molecule has 0 spiro atoms. The predicted octanol–water partition coefficient (Wildman–Crippen LogP) is 0.565. The topological polar surface area (TPSA) is 88.0 Å². The van der Waals surface area contributed by atoms with E-state index in [9.17, 15) is 9.90 Å². The maximum Gasteiger partial charge on any atom is 0.251 e. The summed E-state index contributed by atoms with van der Waals surface area (Å²) >= 11 is 0. The number of ether oxygens (including phenoxy) is 2. The number of aliphatic hydroxyl groups excluding tert-OH is 2. The van der Waals surface area contributed by atoms with Crippen molar-refractivity contribution in [3.05, 3.63) is 23.8 Å². The van der Waals surface area contributed by atoms with Gasteiger partial charge in [-0.15, -0.1) is 0 Å². The molecule has 1 aliphatic rings. The van der Waals surface area contributed by atoms with Crippen molar-refractivity contribution >= 4 is 5.91 Å². The van der Waals surface area contributed by atoms with Crippen LogP contribution in [0, 0.1) is 5.92 Å². The van der Waals surface area contributed by atoms with Gasteiger partial charge in [0, 0.05) is 30.2 Å². The number of amides is 1. The van der Waals surface area contributed by atoms with E-state index < -0.39 is 6.10 Å². The molecule has 0 aromatic heterocycles. The highest BCUT2D eigenvalue weighted by molar-refractivity contribution is 5.95. The smallest absolute Gasteiger partial charge is 0.251 e. The van der Waals surface area contributed by atoms with Crippen molar-refractivity contribution in [2.75, 3.05) is 20.8 Å². The van der Waals surface area contributed by atoms with Gasteiger partial charge in [-0.3, -0.25) is 4.79 Å². The molecular weight excluding hydrogens is 274 g/mol. The molecule has 21 heavy (non-hydrogen) atoms. The summed E-state index contributed by atoms with van der Waals surface area (Å²) in [7, 11) is 3.05. The van der Waals surface area contributed by atoms with E-state index in [1.54, 1.807) is 18.2 Å². The van der Waals surface area contributed by atoms with Crippen LogP contribution in [-0.4, -0.2) is 49.1 Å². The van der Waals surface area contributed by atoms with E-state index in [2.05, 4.69) is 5.32 Å². The van der Waals surface area contributed by atoms with E-state index in [0.29, 0.717) is 29.9 Å². The zero-order chi connectivity index (χ0) is 15.4. The molecule has 6 nitrogen and oxygen atoms in total. The summed E-state index contributed by atoms with van der Waals surface area (Å²) in [6.45, 7) is -0.0689. The Kier molecular flexibility index (Phi) is 5.03. The third-order valence-electron chi connectivity index (χ3n) is 3.84. The van der Waals surface area contributed by atoms with Crippen molar-refractivity contribution in [1.82, 2.24) is 5.32 Å². The number of methoxy groups -OCH3 is 2. The number of rotatable bonds is 5. The van der Waals surface area contributed by atoms with E-state index in [-0.39, 0.29) is 24.5 Å². The van der Waals surface area contributed by atoms with Crippen molar-refractivity contribution in [3.63, 3.8) is 0 Å². The lowest BCUT2D eigenvalue weighted by Gasteiger charge is -2.14. The predicted molar refractivity (Wildman–Crippen MR) is 76.6 cm³/mol. The molecule has 2 rings (SSSR count). The van der Waals surface area contributed by atoms with Gasteiger partial charge in [0.05, 0.1) is 20.3 Å². The Bertz CT molecular complexity index is 483. The standard InChI is InChI=1S/C15H21NO5/c1-20-12-4-9(5-13(7-12)21-2)15(19)16-11-3-10(8-17)14(18)6-11/h4-5,7,10-11,14,17-18H,3,6,8H2,1-2H3,(H,16,19)/t10-,11+,14+/m1/s1. The number of aliphatic hydroxyl groups is 2. The minimum absolute atomic E-state index is 0.0689. The monoisotopic (exact) mass is 295 g/mol. The highest BCUT2D eigenvalue weighted by Gasteiger charge is 2.33. The molecule has 1 saturated carbocycles. The minimum Gasteiger partial charge on any atom is -0.497 e. The molecule has 0 heterocycles. The van der Waals surface area contributed by atoms with Gasteiger partial charge in [-0.25, -0.2) is 0 Å². The lowest BCUT2D eigenvalue weighted by atomic mass is 10.1. The number of carbonyl (C=O) groups excluding carboxylic acids is 1. The Labute approximate surface area is 123 Å². The Hall–Kier alpha value is -1.79. The van der Waals surface area contributed by atoms with Crippen molar-refractivity contribution in [1.29, 1.82) is 0 Å². The van der Waals surface area contributed by atoms with Crippen LogP contribution in [0.5, 0.6) is 11.5 Å². The van der Waals surface area contributed by atoms with Crippen LogP contribution in [-0.2, 0) is 0 Å². The first-order valence-electron chi connectivity index (χ1n) is 6.90. The Balaban J connectivity index is 2.07.